The average Bonchev–Trinajstić information content (AvgIpc) is 2.77. The Hall–Kier alpha value is -1.76. The highest BCUT2D eigenvalue weighted by molar-refractivity contribution is 9.10. The summed E-state index contributed by atoms with van der Waals surface area (Å²) in [4.78, 5) is 0. The lowest BCUT2D eigenvalue weighted by Crippen LogP contribution is -2.16. The van der Waals surface area contributed by atoms with Gasteiger partial charge in [0.05, 0.1) is 10.0 Å². The molecule has 0 fully saturated rings. The number of hydrogen-bond donors (Lipinski definition) is 1. The fourth-order valence-electron chi connectivity index (χ4n) is 1.77. The van der Waals surface area contributed by atoms with Gasteiger partial charge in [-0.05, 0) is 15.9 Å². The quantitative estimate of drug-likeness (QED) is 0.876. The maximum Gasteiger partial charge on any atom is 0.222 e. The molecular weight excluding hydrogens is 307 g/mol. The van der Waals surface area contributed by atoms with Gasteiger partial charge in [0.15, 0.2) is 17.3 Å². The Morgan fingerprint density at radius 3 is 2.78 bits per heavy atom. The predicted octanol–water partition coefficient (Wildman–Crippen LogP) is 2.60. The van der Waals surface area contributed by atoms with Gasteiger partial charge in [-0.25, -0.2) is 4.39 Å². The standard InChI is InChI=1S/C11H8BrFN2O3/c12-5-3-7-11(17-2-1-16-7)9(10(5)13)6-4-8(14)18-15-6/h3-4H,1-2,14H2. The Bertz CT molecular complexity index is 615. The highest BCUT2D eigenvalue weighted by Gasteiger charge is 2.25. The fraction of sp³-hybridized carbons (Fsp3) is 0.182. The number of rotatable bonds is 1. The van der Waals surface area contributed by atoms with Crippen LogP contribution in [0.5, 0.6) is 11.5 Å². The highest BCUT2D eigenvalue weighted by atomic mass is 79.9. The largest absolute Gasteiger partial charge is 0.486 e. The molecule has 1 aliphatic heterocycles. The third-order valence-electron chi connectivity index (χ3n) is 2.51. The normalized spacial score (nSPS) is 13.7. The summed E-state index contributed by atoms with van der Waals surface area (Å²) in [5, 5.41) is 3.70. The molecule has 0 bridgehead atoms. The second kappa shape index (κ2) is 4.16. The number of hydrogen-bond acceptors (Lipinski definition) is 5. The molecule has 7 heteroatoms. The minimum absolute atomic E-state index is 0.106. The number of benzene rings is 1. The molecule has 2 N–H and O–H groups in total. The second-order valence-corrected chi connectivity index (χ2v) is 4.54. The van der Waals surface area contributed by atoms with Crippen LogP contribution in [0.15, 0.2) is 21.1 Å². The van der Waals surface area contributed by atoms with Gasteiger partial charge in [-0.2, -0.15) is 0 Å². The zero-order chi connectivity index (χ0) is 12.7. The van der Waals surface area contributed by atoms with Crippen molar-refractivity contribution in [2.45, 2.75) is 0 Å². The SMILES string of the molecule is Nc1cc(-c2c(F)c(Br)cc3c2OCCO3)no1. The molecule has 0 amide bonds. The van der Waals surface area contributed by atoms with Gasteiger partial charge >= 0.3 is 0 Å². The summed E-state index contributed by atoms with van der Waals surface area (Å²) in [6, 6.07) is 2.96. The maximum atomic E-state index is 14.2. The zero-order valence-corrected chi connectivity index (χ0v) is 10.7. The van der Waals surface area contributed by atoms with Gasteiger partial charge < -0.3 is 19.7 Å². The van der Waals surface area contributed by atoms with E-state index in [9.17, 15) is 4.39 Å². The van der Waals surface area contributed by atoms with Gasteiger partial charge in [-0.1, -0.05) is 5.16 Å². The first kappa shape index (κ1) is 11.3. The van der Waals surface area contributed by atoms with Crippen molar-refractivity contribution in [1.82, 2.24) is 5.16 Å². The lowest BCUT2D eigenvalue weighted by molar-refractivity contribution is 0.171. The molecule has 2 heterocycles. The van der Waals surface area contributed by atoms with E-state index in [4.69, 9.17) is 19.7 Å². The second-order valence-electron chi connectivity index (χ2n) is 3.69. The first-order chi connectivity index (χ1) is 8.66. The molecule has 0 aliphatic carbocycles. The molecule has 0 saturated heterocycles. The summed E-state index contributed by atoms with van der Waals surface area (Å²) >= 11 is 3.13. The number of anilines is 1. The Morgan fingerprint density at radius 1 is 1.28 bits per heavy atom. The van der Waals surface area contributed by atoms with Crippen molar-refractivity contribution in [2.24, 2.45) is 0 Å². The molecule has 3 rings (SSSR count). The lowest BCUT2D eigenvalue weighted by atomic mass is 10.1. The van der Waals surface area contributed by atoms with Crippen LogP contribution in [0, 0.1) is 5.82 Å². The number of nitrogens with zero attached hydrogens (tertiary/aromatic N) is 1. The molecule has 1 aliphatic rings. The van der Waals surface area contributed by atoms with Crippen LogP contribution in [0.2, 0.25) is 0 Å². The molecule has 18 heavy (non-hydrogen) atoms. The molecule has 1 aromatic carbocycles. The van der Waals surface area contributed by atoms with E-state index in [1.807, 2.05) is 0 Å². The molecule has 0 spiro atoms. The van der Waals surface area contributed by atoms with E-state index in [0.717, 1.165) is 0 Å². The van der Waals surface area contributed by atoms with E-state index in [-0.39, 0.29) is 21.6 Å². The maximum absolute atomic E-state index is 14.2. The summed E-state index contributed by atoms with van der Waals surface area (Å²) < 4.78 is 30.1. The van der Waals surface area contributed by atoms with Gasteiger partial charge in [0.1, 0.15) is 18.9 Å². The molecule has 94 valence electrons. The number of halogens is 2. The van der Waals surface area contributed by atoms with Crippen molar-refractivity contribution in [3.63, 3.8) is 0 Å². The Kier molecular flexibility index (Phi) is 2.62. The van der Waals surface area contributed by atoms with E-state index in [1.165, 1.54) is 12.1 Å². The van der Waals surface area contributed by atoms with Crippen LogP contribution in [-0.2, 0) is 0 Å². The molecule has 0 atom stereocenters. The topological polar surface area (TPSA) is 70.5 Å². The van der Waals surface area contributed by atoms with E-state index in [2.05, 4.69) is 21.1 Å². The van der Waals surface area contributed by atoms with Gasteiger partial charge in [0.2, 0.25) is 5.88 Å². The molecule has 1 aromatic heterocycles. The van der Waals surface area contributed by atoms with Crippen LogP contribution in [0.1, 0.15) is 0 Å². The van der Waals surface area contributed by atoms with Crippen LogP contribution in [0.3, 0.4) is 0 Å². The Morgan fingerprint density at radius 2 is 2.06 bits per heavy atom. The van der Waals surface area contributed by atoms with Crippen LogP contribution < -0.4 is 15.2 Å². The minimum Gasteiger partial charge on any atom is -0.486 e. The number of nitrogen functional groups attached to an aromatic ring is 1. The van der Waals surface area contributed by atoms with Crippen molar-refractivity contribution >= 4 is 21.8 Å². The summed E-state index contributed by atoms with van der Waals surface area (Å²) in [6.45, 7) is 0.778. The van der Waals surface area contributed by atoms with Crippen molar-refractivity contribution in [3.05, 3.63) is 22.4 Å². The van der Waals surface area contributed by atoms with Crippen molar-refractivity contribution in [3.8, 4) is 22.8 Å². The smallest absolute Gasteiger partial charge is 0.222 e. The highest BCUT2D eigenvalue weighted by Crippen LogP contribution is 2.44. The predicted molar refractivity (Wildman–Crippen MR) is 65.0 cm³/mol. The monoisotopic (exact) mass is 314 g/mol. The van der Waals surface area contributed by atoms with Gasteiger partial charge in [0.25, 0.3) is 0 Å². The summed E-state index contributed by atoms with van der Waals surface area (Å²) in [5.74, 6) is 0.392. The van der Waals surface area contributed by atoms with Crippen LogP contribution in [0.4, 0.5) is 10.3 Å². The molecule has 5 nitrogen and oxygen atoms in total. The van der Waals surface area contributed by atoms with Crippen molar-refractivity contribution < 1.29 is 18.4 Å². The van der Waals surface area contributed by atoms with Crippen LogP contribution in [-0.4, -0.2) is 18.4 Å². The molecule has 0 radical (unpaired) electrons. The Balaban J connectivity index is 2.26. The lowest BCUT2D eigenvalue weighted by Gasteiger charge is -2.21. The third-order valence-corrected chi connectivity index (χ3v) is 3.09. The van der Waals surface area contributed by atoms with Crippen molar-refractivity contribution in [2.75, 3.05) is 18.9 Å². The molecule has 0 unspecified atom stereocenters. The van der Waals surface area contributed by atoms with Gasteiger partial charge in [-0.3, -0.25) is 0 Å². The Labute approximate surface area is 110 Å². The van der Waals surface area contributed by atoms with E-state index in [0.29, 0.717) is 24.7 Å². The fourth-order valence-corrected chi connectivity index (χ4v) is 2.17. The van der Waals surface area contributed by atoms with E-state index < -0.39 is 5.82 Å². The molecule has 2 aromatic rings. The number of fused-ring (bicyclic) bond motifs is 1. The average molecular weight is 315 g/mol. The first-order valence-corrected chi connectivity index (χ1v) is 5.96. The number of aromatic nitrogens is 1. The van der Waals surface area contributed by atoms with Gasteiger partial charge in [-0.15, -0.1) is 0 Å². The van der Waals surface area contributed by atoms with E-state index in [1.54, 1.807) is 0 Å². The van der Waals surface area contributed by atoms with Gasteiger partial charge in [0, 0.05) is 12.1 Å². The van der Waals surface area contributed by atoms with Crippen LogP contribution in [0.25, 0.3) is 11.3 Å². The molecule has 0 saturated carbocycles. The number of nitrogens with two attached hydrogens (primary N) is 1. The summed E-state index contributed by atoms with van der Waals surface area (Å²) in [5.41, 5.74) is 5.90. The summed E-state index contributed by atoms with van der Waals surface area (Å²) in [7, 11) is 0. The van der Waals surface area contributed by atoms with Crippen LogP contribution >= 0.6 is 15.9 Å². The number of ether oxygens (including phenoxy) is 2. The first-order valence-electron chi connectivity index (χ1n) is 5.17. The molecular formula is C11H8BrFN2O3. The third kappa shape index (κ3) is 1.71. The van der Waals surface area contributed by atoms with Crippen molar-refractivity contribution in [1.29, 1.82) is 0 Å². The summed E-state index contributed by atoms with van der Waals surface area (Å²) in [6.07, 6.45) is 0. The zero-order valence-electron chi connectivity index (χ0n) is 9.07. The minimum atomic E-state index is -0.493. The van der Waals surface area contributed by atoms with E-state index >= 15 is 0 Å².